The Morgan fingerprint density at radius 1 is 1.21 bits per heavy atom. The molecule has 0 spiro atoms. The zero-order valence-corrected chi connectivity index (χ0v) is 15.4. The van der Waals surface area contributed by atoms with Crippen molar-refractivity contribution in [2.75, 3.05) is 36.4 Å². The lowest BCUT2D eigenvalue weighted by molar-refractivity contribution is -0.129. The molecule has 0 bridgehead atoms. The van der Waals surface area contributed by atoms with Crippen LogP contribution in [-0.2, 0) is 4.79 Å². The molecule has 1 fully saturated rings. The van der Waals surface area contributed by atoms with Crippen molar-refractivity contribution in [3.8, 4) is 0 Å². The van der Waals surface area contributed by atoms with Crippen LogP contribution in [-0.4, -0.2) is 47.0 Å². The van der Waals surface area contributed by atoms with Gasteiger partial charge in [0, 0.05) is 49.5 Å². The maximum Gasteiger partial charge on any atom is 0.229 e. The summed E-state index contributed by atoms with van der Waals surface area (Å²) in [7, 11) is 0. The van der Waals surface area contributed by atoms with Crippen LogP contribution in [0.25, 0.3) is 0 Å². The summed E-state index contributed by atoms with van der Waals surface area (Å²) in [5.41, 5.74) is 2.10. The van der Waals surface area contributed by atoms with Crippen LogP contribution in [0.1, 0.15) is 12.5 Å². The maximum absolute atomic E-state index is 11.4. The third-order valence-corrected chi connectivity index (χ3v) is 4.99. The van der Waals surface area contributed by atoms with Crippen molar-refractivity contribution in [1.82, 2.24) is 14.9 Å². The Labute approximate surface area is 150 Å². The van der Waals surface area contributed by atoms with Crippen molar-refractivity contribution in [2.24, 2.45) is 0 Å². The maximum atomic E-state index is 11.4. The number of nitrogens with zero attached hydrogens (tertiary/aromatic N) is 4. The van der Waals surface area contributed by atoms with Gasteiger partial charge in [-0.15, -0.1) is 0 Å². The zero-order chi connectivity index (χ0) is 17.1. The molecular formula is C17H20BrN5O. The predicted molar refractivity (Wildman–Crippen MR) is 98.7 cm³/mol. The molecule has 1 aromatic heterocycles. The molecule has 7 heteroatoms. The van der Waals surface area contributed by atoms with Gasteiger partial charge in [-0.1, -0.05) is 15.9 Å². The van der Waals surface area contributed by atoms with Gasteiger partial charge in [0.2, 0.25) is 11.9 Å². The Morgan fingerprint density at radius 2 is 1.96 bits per heavy atom. The van der Waals surface area contributed by atoms with E-state index in [1.807, 2.05) is 36.1 Å². The van der Waals surface area contributed by atoms with E-state index in [-0.39, 0.29) is 5.91 Å². The minimum atomic E-state index is 0.130. The van der Waals surface area contributed by atoms with Crippen molar-refractivity contribution in [3.63, 3.8) is 0 Å². The zero-order valence-electron chi connectivity index (χ0n) is 13.8. The first-order valence-electron chi connectivity index (χ1n) is 7.89. The largest absolute Gasteiger partial charge is 0.353 e. The molecule has 1 aliphatic rings. The van der Waals surface area contributed by atoms with E-state index in [0.717, 1.165) is 47.7 Å². The van der Waals surface area contributed by atoms with Crippen molar-refractivity contribution in [3.05, 3.63) is 40.5 Å². The lowest BCUT2D eigenvalue weighted by Gasteiger charge is -2.34. The van der Waals surface area contributed by atoms with Crippen molar-refractivity contribution >= 4 is 39.3 Å². The first-order chi connectivity index (χ1) is 11.5. The third-order valence-electron chi connectivity index (χ3n) is 4.10. The topological polar surface area (TPSA) is 61.4 Å². The summed E-state index contributed by atoms with van der Waals surface area (Å²) in [6.07, 6.45) is 1.76. The average molecular weight is 390 g/mol. The van der Waals surface area contributed by atoms with Crippen LogP contribution in [0.2, 0.25) is 0 Å². The van der Waals surface area contributed by atoms with Gasteiger partial charge in [-0.3, -0.25) is 4.79 Å². The van der Waals surface area contributed by atoms with Crippen LogP contribution in [0.15, 0.2) is 34.9 Å². The number of aryl methyl sites for hydroxylation is 1. The molecule has 1 saturated heterocycles. The number of carbonyl (C=O) groups excluding carboxylic acids is 1. The van der Waals surface area contributed by atoms with E-state index < -0.39 is 0 Å². The highest BCUT2D eigenvalue weighted by molar-refractivity contribution is 9.10. The molecule has 0 saturated carbocycles. The van der Waals surface area contributed by atoms with E-state index in [2.05, 4.69) is 36.1 Å². The summed E-state index contributed by atoms with van der Waals surface area (Å²) in [6, 6.07) is 7.94. The van der Waals surface area contributed by atoms with E-state index in [1.54, 1.807) is 13.1 Å². The van der Waals surface area contributed by atoms with Gasteiger partial charge in [0.05, 0.1) is 0 Å². The van der Waals surface area contributed by atoms with Gasteiger partial charge >= 0.3 is 0 Å². The number of amides is 1. The standard InChI is InChI=1S/C17H20BrN5O/c1-12-11-14(3-4-15(12)18)20-17-19-6-5-16(21-17)23-9-7-22(8-10-23)13(2)24/h3-6,11H,7-10H2,1-2H3,(H,19,20,21). The second-order valence-corrected chi connectivity index (χ2v) is 6.67. The summed E-state index contributed by atoms with van der Waals surface area (Å²) in [5, 5.41) is 3.24. The average Bonchev–Trinajstić information content (AvgIpc) is 2.58. The highest BCUT2D eigenvalue weighted by Crippen LogP contribution is 2.22. The van der Waals surface area contributed by atoms with Crippen molar-refractivity contribution in [1.29, 1.82) is 0 Å². The number of carbonyl (C=O) groups is 1. The van der Waals surface area contributed by atoms with Crippen molar-refractivity contribution < 1.29 is 4.79 Å². The van der Waals surface area contributed by atoms with Crippen LogP contribution < -0.4 is 10.2 Å². The Balaban J connectivity index is 1.70. The SMILES string of the molecule is CC(=O)N1CCN(c2ccnc(Nc3ccc(Br)c(C)c3)n2)CC1. The van der Waals surface area contributed by atoms with E-state index in [0.29, 0.717) is 5.95 Å². The lowest BCUT2D eigenvalue weighted by Crippen LogP contribution is -2.48. The molecule has 1 aliphatic heterocycles. The van der Waals surface area contributed by atoms with Gasteiger partial charge in [-0.2, -0.15) is 4.98 Å². The number of benzene rings is 1. The first kappa shape index (κ1) is 16.7. The second kappa shape index (κ2) is 7.17. The molecule has 0 radical (unpaired) electrons. The summed E-state index contributed by atoms with van der Waals surface area (Å²) >= 11 is 3.50. The minimum absolute atomic E-state index is 0.130. The van der Waals surface area contributed by atoms with Crippen LogP contribution in [0, 0.1) is 6.92 Å². The highest BCUT2D eigenvalue weighted by Gasteiger charge is 2.19. The first-order valence-corrected chi connectivity index (χ1v) is 8.69. The summed E-state index contributed by atoms with van der Waals surface area (Å²) < 4.78 is 1.08. The van der Waals surface area contributed by atoms with Gasteiger partial charge in [0.1, 0.15) is 5.82 Å². The smallest absolute Gasteiger partial charge is 0.229 e. The number of nitrogens with one attached hydrogen (secondary N) is 1. The predicted octanol–water partition coefficient (Wildman–Crippen LogP) is 2.96. The fourth-order valence-electron chi connectivity index (χ4n) is 2.69. The number of aromatic nitrogens is 2. The number of hydrogen-bond donors (Lipinski definition) is 1. The van der Waals surface area contributed by atoms with Gasteiger partial charge in [-0.05, 0) is 36.8 Å². The Kier molecular flexibility index (Phi) is 4.99. The van der Waals surface area contributed by atoms with Crippen LogP contribution >= 0.6 is 15.9 Å². The molecule has 1 amide bonds. The van der Waals surface area contributed by atoms with Crippen LogP contribution in [0.5, 0.6) is 0 Å². The van der Waals surface area contributed by atoms with E-state index in [4.69, 9.17) is 0 Å². The summed E-state index contributed by atoms with van der Waals surface area (Å²) in [5.74, 6) is 1.58. The monoisotopic (exact) mass is 389 g/mol. The molecule has 0 atom stereocenters. The van der Waals surface area contributed by atoms with Gasteiger partial charge in [0.15, 0.2) is 0 Å². The molecule has 1 N–H and O–H groups in total. The van der Waals surface area contributed by atoms with Crippen LogP contribution in [0.4, 0.5) is 17.5 Å². The van der Waals surface area contributed by atoms with Crippen molar-refractivity contribution in [2.45, 2.75) is 13.8 Å². The Morgan fingerprint density at radius 3 is 2.62 bits per heavy atom. The quantitative estimate of drug-likeness (QED) is 0.873. The normalized spacial score (nSPS) is 14.6. The number of halogens is 1. The number of piperazine rings is 1. The number of hydrogen-bond acceptors (Lipinski definition) is 5. The molecule has 24 heavy (non-hydrogen) atoms. The molecule has 1 aromatic carbocycles. The molecule has 3 rings (SSSR count). The Hall–Kier alpha value is -2.15. The highest BCUT2D eigenvalue weighted by atomic mass is 79.9. The number of rotatable bonds is 3. The van der Waals surface area contributed by atoms with Gasteiger partial charge < -0.3 is 15.1 Å². The number of anilines is 3. The minimum Gasteiger partial charge on any atom is -0.353 e. The fourth-order valence-corrected chi connectivity index (χ4v) is 2.93. The second-order valence-electron chi connectivity index (χ2n) is 5.82. The summed E-state index contributed by atoms with van der Waals surface area (Å²) in [4.78, 5) is 24.4. The Bertz CT molecular complexity index is 744. The molecule has 2 heterocycles. The molecule has 0 aliphatic carbocycles. The molecule has 0 unspecified atom stereocenters. The van der Waals surface area contributed by atoms with E-state index >= 15 is 0 Å². The van der Waals surface area contributed by atoms with Crippen LogP contribution in [0.3, 0.4) is 0 Å². The molecule has 2 aromatic rings. The molecule has 126 valence electrons. The summed E-state index contributed by atoms with van der Waals surface area (Å²) in [6.45, 7) is 6.69. The van der Waals surface area contributed by atoms with Gasteiger partial charge in [0.25, 0.3) is 0 Å². The third kappa shape index (κ3) is 3.84. The van der Waals surface area contributed by atoms with E-state index in [1.165, 1.54) is 0 Å². The molecule has 6 nitrogen and oxygen atoms in total. The van der Waals surface area contributed by atoms with Gasteiger partial charge in [-0.25, -0.2) is 4.98 Å². The lowest BCUT2D eigenvalue weighted by atomic mass is 10.2. The molecular weight excluding hydrogens is 370 g/mol. The van der Waals surface area contributed by atoms with E-state index in [9.17, 15) is 4.79 Å². The fraction of sp³-hybridized carbons (Fsp3) is 0.353.